The maximum Gasteiger partial charge on any atom is 0.305 e. The topological polar surface area (TPSA) is 275 Å². The number of carbonyl (C=O) groups is 8. The lowest BCUT2D eigenvalue weighted by Crippen LogP contribution is -2.58. The average Bonchev–Trinajstić information content (AvgIpc) is 2.85. The summed E-state index contributed by atoms with van der Waals surface area (Å²) in [5.41, 5.74) is 5.47. The van der Waals surface area contributed by atoms with Crippen molar-refractivity contribution in [2.45, 2.75) is 56.7 Å². The number of unbranched alkanes of at least 4 members (excludes halogenated alkanes) is 1. The Kier molecular flexibility index (Phi) is 13.8. The van der Waals surface area contributed by atoms with Crippen molar-refractivity contribution >= 4 is 47.4 Å². The molecular weight excluding hydrogens is 510 g/mol. The van der Waals surface area contributed by atoms with Gasteiger partial charge >= 0.3 is 11.9 Å². The Morgan fingerprint density at radius 1 is 0.658 bits per heavy atom. The Labute approximate surface area is 217 Å². The average molecular weight is 544 g/mol. The van der Waals surface area contributed by atoms with Crippen molar-refractivity contribution in [1.82, 2.24) is 31.9 Å². The molecule has 0 spiro atoms. The Bertz CT molecular complexity index is 926. The highest BCUT2D eigenvalue weighted by molar-refractivity contribution is 5.97. The quantitative estimate of drug-likeness (QED) is 0.125. The van der Waals surface area contributed by atoms with E-state index in [4.69, 9.17) is 15.9 Å². The molecule has 1 aliphatic heterocycles. The molecular formula is C21H33N7O10. The number of nitrogens with one attached hydrogen (secondary N) is 6. The number of carboxylic acid groups (broad SMARTS) is 2. The SMILES string of the molecule is NCCCC[C@@H]1NC(=O)[C@H](CCC(=O)O)NC(=O)[C@H](CC(=O)O)NC(=O)CNC(=O)CNC(=O)CNC1=O. The van der Waals surface area contributed by atoms with Crippen molar-refractivity contribution in [3.8, 4) is 0 Å². The van der Waals surface area contributed by atoms with E-state index in [1.807, 2.05) is 0 Å². The molecule has 0 radical (unpaired) electrons. The van der Waals surface area contributed by atoms with E-state index >= 15 is 0 Å². The molecule has 17 nitrogen and oxygen atoms in total. The van der Waals surface area contributed by atoms with Gasteiger partial charge in [0.15, 0.2) is 0 Å². The van der Waals surface area contributed by atoms with Gasteiger partial charge in [0.05, 0.1) is 26.1 Å². The molecule has 0 aromatic carbocycles. The number of hydrogen-bond acceptors (Lipinski definition) is 9. The molecule has 0 aromatic heterocycles. The molecule has 0 saturated carbocycles. The number of carboxylic acids is 2. The molecule has 1 saturated heterocycles. The van der Waals surface area contributed by atoms with Gasteiger partial charge in [-0.25, -0.2) is 0 Å². The second-order valence-corrected chi connectivity index (χ2v) is 8.33. The Balaban J connectivity index is 3.26. The summed E-state index contributed by atoms with van der Waals surface area (Å²) in [4.78, 5) is 96.9. The lowest BCUT2D eigenvalue weighted by atomic mass is 10.1. The molecule has 1 fully saturated rings. The van der Waals surface area contributed by atoms with Gasteiger partial charge < -0.3 is 47.8 Å². The van der Waals surface area contributed by atoms with Crippen molar-refractivity contribution < 1.29 is 48.6 Å². The van der Waals surface area contributed by atoms with Crippen molar-refractivity contribution in [2.24, 2.45) is 5.73 Å². The summed E-state index contributed by atoms with van der Waals surface area (Å²) >= 11 is 0. The lowest BCUT2D eigenvalue weighted by Gasteiger charge is -2.25. The van der Waals surface area contributed by atoms with Gasteiger partial charge in [-0.15, -0.1) is 0 Å². The first-order valence-electron chi connectivity index (χ1n) is 11.8. The first kappa shape index (κ1) is 31.7. The van der Waals surface area contributed by atoms with Crippen molar-refractivity contribution in [1.29, 1.82) is 0 Å². The van der Waals surface area contributed by atoms with Crippen molar-refractivity contribution in [3.63, 3.8) is 0 Å². The van der Waals surface area contributed by atoms with Crippen LogP contribution in [-0.4, -0.2) is 102 Å². The lowest BCUT2D eigenvalue weighted by molar-refractivity contribution is -0.141. The number of hydrogen-bond donors (Lipinski definition) is 9. The van der Waals surface area contributed by atoms with E-state index in [0.29, 0.717) is 19.4 Å². The summed E-state index contributed by atoms with van der Waals surface area (Å²) in [5.74, 6) is -8.01. The van der Waals surface area contributed by atoms with Crippen LogP contribution in [0, 0.1) is 0 Å². The highest BCUT2D eigenvalue weighted by atomic mass is 16.4. The van der Waals surface area contributed by atoms with Crippen LogP contribution in [0.3, 0.4) is 0 Å². The summed E-state index contributed by atoms with van der Waals surface area (Å²) in [7, 11) is 0. The molecule has 3 atom stereocenters. The van der Waals surface area contributed by atoms with E-state index in [2.05, 4.69) is 31.9 Å². The van der Waals surface area contributed by atoms with Crippen molar-refractivity contribution in [3.05, 3.63) is 0 Å². The van der Waals surface area contributed by atoms with Gasteiger partial charge in [-0.1, -0.05) is 0 Å². The van der Waals surface area contributed by atoms with E-state index in [1.54, 1.807) is 0 Å². The first-order valence-corrected chi connectivity index (χ1v) is 11.8. The minimum absolute atomic E-state index is 0.0933. The van der Waals surface area contributed by atoms with Gasteiger partial charge in [0.25, 0.3) is 0 Å². The fourth-order valence-electron chi connectivity index (χ4n) is 3.25. The monoisotopic (exact) mass is 543 g/mol. The Morgan fingerprint density at radius 2 is 1.18 bits per heavy atom. The number of amides is 6. The van der Waals surface area contributed by atoms with Crippen LogP contribution < -0.4 is 37.6 Å². The zero-order chi connectivity index (χ0) is 28.7. The molecule has 212 valence electrons. The fraction of sp³-hybridized carbons (Fsp3) is 0.619. The summed E-state index contributed by atoms with van der Waals surface area (Å²) in [6.07, 6.45) is -0.874. The predicted molar refractivity (Wildman–Crippen MR) is 127 cm³/mol. The van der Waals surface area contributed by atoms with Crippen LogP contribution >= 0.6 is 0 Å². The van der Waals surface area contributed by atoms with Gasteiger partial charge in [0.1, 0.15) is 18.1 Å². The maximum absolute atomic E-state index is 13.0. The molecule has 1 heterocycles. The molecule has 0 aromatic rings. The number of aliphatic carboxylic acids is 2. The second-order valence-electron chi connectivity index (χ2n) is 8.33. The number of rotatable bonds is 9. The molecule has 38 heavy (non-hydrogen) atoms. The van der Waals surface area contributed by atoms with E-state index in [-0.39, 0.29) is 6.42 Å². The van der Waals surface area contributed by atoms with E-state index < -0.39 is 104 Å². The molecule has 10 N–H and O–H groups in total. The largest absolute Gasteiger partial charge is 0.481 e. The summed E-state index contributed by atoms with van der Waals surface area (Å²) in [5, 5.41) is 31.7. The summed E-state index contributed by atoms with van der Waals surface area (Å²) in [6.45, 7) is -1.43. The second kappa shape index (κ2) is 16.5. The van der Waals surface area contributed by atoms with Gasteiger partial charge in [0.2, 0.25) is 35.4 Å². The Morgan fingerprint density at radius 3 is 1.74 bits per heavy atom. The molecule has 1 rings (SSSR count). The number of nitrogens with two attached hydrogens (primary N) is 1. The molecule has 6 amide bonds. The van der Waals surface area contributed by atoms with E-state index in [1.165, 1.54) is 0 Å². The highest BCUT2D eigenvalue weighted by Gasteiger charge is 2.31. The van der Waals surface area contributed by atoms with Crippen LogP contribution in [0.1, 0.15) is 38.5 Å². The van der Waals surface area contributed by atoms with Crippen LogP contribution in [0.15, 0.2) is 0 Å². The third-order valence-corrected chi connectivity index (χ3v) is 5.21. The molecule has 17 heteroatoms. The van der Waals surface area contributed by atoms with Crippen LogP contribution in [-0.2, 0) is 38.4 Å². The zero-order valence-corrected chi connectivity index (χ0v) is 20.5. The van der Waals surface area contributed by atoms with Gasteiger partial charge in [-0.05, 0) is 32.2 Å². The normalized spacial score (nSPS) is 22.4. The molecule has 0 unspecified atom stereocenters. The fourth-order valence-corrected chi connectivity index (χ4v) is 3.25. The van der Waals surface area contributed by atoms with E-state index in [0.717, 1.165) is 0 Å². The first-order chi connectivity index (χ1) is 17.9. The highest BCUT2D eigenvalue weighted by Crippen LogP contribution is 2.06. The van der Waals surface area contributed by atoms with E-state index in [9.17, 15) is 38.4 Å². The smallest absolute Gasteiger partial charge is 0.305 e. The maximum atomic E-state index is 13.0. The predicted octanol–water partition coefficient (Wildman–Crippen LogP) is -4.73. The van der Waals surface area contributed by atoms with Gasteiger partial charge in [-0.3, -0.25) is 38.4 Å². The third-order valence-electron chi connectivity index (χ3n) is 5.21. The number of carbonyl (C=O) groups excluding carboxylic acids is 6. The van der Waals surface area contributed by atoms with Crippen LogP contribution in [0.5, 0.6) is 0 Å². The molecule has 0 aliphatic carbocycles. The third kappa shape index (κ3) is 12.6. The van der Waals surface area contributed by atoms with Crippen LogP contribution in [0.2, 0.25) is 0 Å². The molecule has 0 bridgehead atoms. The Hall–Kier alpha value is -4.28. The minimum Gasteiger partial charge on any atom is -0.481 e. The minimum atomic E-state index is -1.68. The van der Waals surface area contributed by atoms with Crippen molar-refractivity contribution in [2.75, 3.05) is 26.2 Å². The zero-order valence-electron chi connectivity index (χ0n) is 20.5. The van der Waals surface area contributed by atoms with Gasteiger partial charge in [-0.2, -0.15) is 0 Å². The van der Waals surface area contributed by atoms with Crippen LogP contribution in [0.25, 0.3) is 0 Å². The van der Waals surface area contributed by atoms with Crippen LogP contribution in [0.4, 0.5) is 0 Å². The standard InChI is InChI=1S/C21H33N7O10/c22-6-2-1-3-11-19(36)25-9-15(30)23-8-14(29)24-10-16(31)26-13(7-18(34)35)21(38)28-12(20(37)27-11)4-5-17(32)33/h11-13H,1-10,22H2,(H,23,30)(H,24,29)(H,25,36)(H,26,31)(H,27,37)(H,28,38)(H,32,33)(H,34,35)/t11-,12-,13-/m0/s1. The molecule has 1 aliphatic rings. The van der Waals surface area contributed by atoms with Gasteiger partial charge in [0, 0.05) is 6.42 Å². The summed E-state index contributed by atoms with van der Waals surface area (Å²) in [6, 6.07) is -4.39. The summed E-state index contributed by atoms with van der Waals surface area (Å²) < 4.78 is 0.